The summed E-state index contributed by atoms with van der Waals surface area (Å²) in [6.45, 7) is 10.3. The maximum Gasteiger partial charge on any atom is 0.227 e. The maximum absolute atomic E-state index is 17.7. The quantitative estimate of drug-likeness (QED) is 0.0478. The molecule has 98 heavy (non-hydrogen) atoms. The largest absolute Gasteiger partial charge is 0.399 e. The van der Waals surface area contributed by atoms with Gasteiger partial charge in [-0.2, -0.15) is 0 Å². The van der Waals surface area contributed by atoms with Gasteiger partial charge in [0.15, 0.2) is 58.3 Å². The molecule has 520 valence electrons. The molecule has 16 nitrogen and oxygen atoms in total. The molecule has 8 aliphatic carbocycles. The fourth-order valence-electron chi connectivity index (χ4n) is 19.8. The molecule has 0 unspecified atom stereocenters. The SMILES string of the molecule is CC(C)C(=O)C[C@@H](C)C(=O)Nc1cccc(Cc2ccc([C@@H]3O[C@@H]4C[C@H]5[C@@H]6C[C@H](F)C7=CC(=O)C=C[C@]7(C)[C@@]6(F)[C@@H](O)C[C@]5(C)[C@]4(C(=O)CO)O3)cc2)c1.C[C@]12C=CC(=O)C=C1[C@@H](F)C[C@H]1[C@@H]3C[C@H]4O[C@@H](c5ccc(Cc6cccc(N)c6)cc5)O[C@@]4(C(=O)CO)[C@@]3(C)C[C@H](O)[C@@]12F. The van der Waals surface area contributed by atoms with Crippen LogP contribution in [-0.4, -0.2) is 128 Å². The molecule has 10 aliphatic rings. The lowest BCUT2D eigenvalue weighted by Crippen LogP contribution is -2.70. The third-order valence-corrected chi connectivity index (χ3v) is 24.9. The number of anilines is 2. The number of hydrogen-bond donors (Lipinski definition) is 6. The highest BCUT2D eigenvalue weighted by Crippen LogP contribution is 2.75. The number of fused-ring (bicyclic) bond motifs is 14. The van der Waals surface area contributed by atoms with E-state index in [4.69, 9.17) is 24.7 Å². The van der Waals surface area contributed by atoms with Crippen LogP contribution in [0.2, 0.25) is 0 Å². The predicted octanol–water partition coefficient (Wildman–Crippen LogP) is 10.6. The third kappa shape index (κ3) is 10.4. The highest BCUT2D eigenvalue weighted by Gasteiger charge is 2.82. The molecule has 1 amide bonds. The van der Waals surface area contributed by atoms with Crippen LogP contribution in [0, 0.1) is 57.2 Å². The van der Waals surface area contributed by atoms with Crippen molar-refractivity contribution in [3.63, 3.8) is 0 Å². The summed E-state index contributed by atoms with van der Waals surface area (Å²) in [6, 6.07) is 30.3. The molecule has 0 radical (unpaired) electrons. The number of rotatable bonds is 15. The molecule has 2 aliphatic heterocycles. The van der Waals surface area contributed by atoms with Crippen molar-refractivity contribution in [3.8, 4) is 0 Å². The Morgan fingerprint density at radius 2 is 1.02 bits per heavy atom. The van der Waals surface area contributed by atoms with Crippen LogP contribution in [0.3, 0.4) is 0 Å². The number of ether oxygens (including phenoxy) is 4. The first kappa shape index (κ1) is 69.3. The molecule has 8 fully saturated rings. The second-order valence-corrected chi connectivity index (χ2v) is 30.5. The van der Waals surface area contributed by atoms with Crippen molar-refractivity contribution in [2.24, 2.45) is 57.2 Å². The number of Topliss-reactive ketones (excluding diaryl/α,β-unsaturated/α-hetero) is 3. The second kappa shape index (κ2) is 24.9. The molecule has 4 aromatic rings. The van der Waals surface area contributed by atoms with Crippen molar-refractivity contribution in [2.45, 2.75) is 178 Å². The summed E-state index contributed by atoms with van der Waals surface area (Å²) in [5.41, 5.74) is -0.849. The smallest absolute Gasteiger partial charge is 0.227 e. The van der Waals surface area contributed by atoms with Gasteiger partial charge in [0.1, 0.15) is 31.3 Å². The van der Waals surface area contributed by atoms with Gasteiger partial charge in [0.05, 0.1) is 24.4 Å². The zero-order valence-corrected chi connectivity index (χ0v) is 56.0. The number of amides is 1. The first-order valence-electron chi connectivity index (χ1n) is 34.2. The Balaban J connectivity index is 0.000000180. The van der Waals surface area contributed by atoms with Crippen LogP contribution in [0.25, 0.3) is 0 Å². The fraction of sp³-hybridized carbons (Fsp3) is 0.513. The van der Waals surface area contributed by atoms with Crippen LogP contribution >= 0.6 is 0 Å². The van der Waals surface area contributed by atoms with Crippen LogP contribution in [0.4, 0.5) is 28.9 Å². The number of nitrogen functional groups attached to an aromatic ring is 1. The number of nitrogens with two attached hydrogens (primary N) is 1. The molecule has 4 aromatic carbocycles. The van der Waals surface area contributed by atoms with E-state index in [0.717, 1.165) is 34.4 Å². The summed E-state index contributed by atoms with van der Waals surface area (Å²) >= 11 is 0. The fourth-order valence-corrected chi connectivity index (χ4v) is 19.8. The zero-order chi connectivity index (χ0) is 70.2. The van der Waals surface area contributed by atoms with Crippen LogP contribution < -0.4 is 11.1 Å². The Labute approximate surface area is 567 Å². The van der Waals surface area contributed by atoms with Crippen LogP contribution in [0.1, 0.15) is 139 Å². The molecule has 20 heteroatoms. The summed E-state index contributed by atoms with van der Waals surface area (Å²) in [7, 11) is 0. The van der Waals surface area contributed by atoms with Gasteiger partial charge in [-0.25, -0.2) is 17.6 Å². The van der Waals surface area contributed by atoms with Gasteiger partial charge in [-0.05, 0) is 159 Å². The predicted molar refractivity (Wildman–Crippen MR) is 353 cm³/mol. The molecule has 21 atom stereocenters. The van der Waals surface area contributed by atoms with Gasteiger partial charge in [0.25, 0.3) is 0 Å². The van der Waals surface area contributed by atoms with Crippen molar-refractivity contribution < 1.29 is 85.7 Å². The molecule has 6 saturated carbocycles. The summed E-state index contributed by atoms with van der Waals surface area (Å²) in [6.07, 6.45) is -1.69. The van der Waals surface area contributed by atoms with Gasteiger partial charge in [-0.15, -0.1) is 0 Å². The van der Waals surface area contributed by atoms with E-state index in [-0.39, 0.29) is 73.7 Å². The molecule has 2 saturated heterocycles. The van der Waals surface area contributed by atoms with Crippen LogP contribution in [0.15, 0.2) is 145 Å². The lowest BCUT2D eigenvalue weighted by Gasteiger charge is -2.63. The summed E-state index contributed by atoms with van der Waals surface area (Å²) in [5.74, 6) is -6.09. The number of aliphatic hydroxyl groups is 4. The van der Waals surface area contributed by atoms with Crippen molar-refractivity contribution >= 4 is 46.2 Å². The number of hydrogen-bond acceptors (Lipinski definition) is 15. The molecule has 0 bridgehead atoms. The first-order chi connectivity index (χ1) is 46.3. The first-order valence-corrected chi connectivity index (χ1v) is 34.2. The second-order valence-electron chi connectivity index (χ2n) is 30.5. The lowest BCUT2D eigenvalue weighted by molar-refractivity contribution is -0.235. The van der Waals surface area contributed by atoms with Crippen molar-refractivity contribution in [1.82, 2.24) is 0 Å². The zero-order valence-electron chi connectivity index (χ0n) is 56.0. The minimum absolute atomic E-state index is 0.0205. The van der Waals surface area contributed by atoms with E-state index in [1.807, 2.05) is 105 Å². The van der Waals surface area contributed by atoms with Crippen LogP contribution in [-0.2, 0) is 60.6 Å². The van der Waals surface area contributed by atoms with Crippen molar-refractivity contribution in [3.05, 3.63) is 178 Å². The minimum atomic E-state index is -2.32. The van der Waals surface area contributed by atoms with E-state index < -0.39 is 159 Å². The normalized spacial score (nSPS) is 39.4. The van der Waals surface area contributed by atoms with Gasteiger partial charge in [0.2, 0.25) is 5.91 Å². The number of aliphatic hydroxyl groups excluding tert-OH is 4. The van der Waals surface area contributed by atoms with Gasteiger partial charge in [0, 0.05) is 74.3 Å². The van der Waals surface area contributed by atoms with E-state index in [0.29, 0.717) is 35.3 Å². The molecule has 0 spiro atoms. The van der Waals surface area contributed by atoms with E-state index in [1.54, 1.807) is 26.8 Å². The topological polar surface area (TPSA) is 258 Å². The number of carbonyl (C=O) groups excluding carboxylic acids is 6. The van der Waals surface area contributed by atoms with Gasteiger partial charge in [-0.1, -0.05) is 120 Å². The van der Waals surface area contributed by atoms with Gasteiger partial charge in [-0.3, -0.25) is 28.8 Å². The molecule has 7 N–H and O–H groups in total. The maximum atomic E-state index is 17.7. The Kier molecular flexibility index (Phi) is 17.6. The Morgan fingerprint density at radius 1 is 0.592 bits per heavy atom. The Bertz CT molecular complexity index is 4030. The monoisotopic (exact) mass is 1350 g/mol. The average molecular weight is 1350 g/mol. The highest BCUT2D eigenvalue weighted by molar-refractivity contribution is 6.02. The molecule has 14 rings (SSSR count). The molecular weight excluding hydrogens is 1260 g/mol. The molecular formula is C78H86F4N2O14. The minimum Gasteiger partial charge on any atom is -0.399 e. The van der Waals surface area contributed by atoms with Crippen LogP contribution in [0.5, 0.6) is 0 Å². The number of carbonyl (C=O) groups is 6. The highest BCUT2D eigenvalue weighted by atomic mass is 19.2. The number of nitrogens with one attached hydrogen (secondary N) is 1. The number of allylic oxidation sites excluding steroid dienone is 8. The molecule has 2 heterocycles. The van der Waals surface area contributed by atoms with Crippen molar-refractivity contribution in [1.29, 1.82) is 0 Å². The van der Waals surface area contributed by atoms with E-state index in [1.165, 1.54) is 38.2 Å². The number of alkyl halides is 4. The Hall–Kier alpha value is -7.14. The van der Waals surface area contributed by atoms with Gasteiger partial charge < -0.3 is 50.4 Å². The number of ketones is 5. The lowest BCUT2D eigenvalue weighted by atomic mass is 9.44. The Morgan fingerprint density at radius 3 is 1.44 bits per heavy atom. The van der Waals surface area contributed by atoms with E-state index in [9.17, 15) is 49.2 Å². The summed E-state index contributed by atoms with van der Waals surface area (Å²) < 4.78 is 92.9. The summed E-state index contributed by atoms with van der Waals surface area (Å²) in [5, 5.41) is 46.7. The standard InChI is InChI=1S/C43H49F2NO8.C35H37F2NO6/c1-23(2)34(49)15-24(3)38(52)46-28-8-6-7-26(17-28)16-25-9-11-27(12-10-25)39-53-37-20-30-31-19-33(44)32-18-29(48)13-14-40(32,4)42(31,45)35(50)21-41(30,5)43(37,54-39)36(51)22-47;1-32-11-10-23(40)14-26(32)27(36)15-25-24-16-30-35(29(42)18-39,33(24,2)17-28(41)34(25,32)37)44-31(43-30)21-8-6-19(7-9-21)12-20-4-3-5-22(38)13-20/h6-14,17-18,23-24,30-31,33,35,37,39,47,50H,15-16,19-22H2,1-5H3,(H,46,52);3-11,13-14,24-25,27-28,30-31,39,41H,12,15-18,38H2,1-2H3/t24-,30+,31+,33+,35+,37-,39-,40+,41+,42+,43-;24-,25-,27-,28-,30+,31+,32-,33-,34-,35+/m10/s1. The van der Waals surface area contributed by atoms with Gasteiger partial charge >= 0.3 is 0 Å². The average Bonchev–Trinajstić information content (AvgIpc) is 1.42. The third-order valence-electron chi connectivity index (χ3n) is 24.9. The summed E-state index contributed by atoms with van der Waals surface area (Å²) in [4.78, 5) is 76.7. The molecule has 0 aromatic heterocycles. The van der Waals surface area contributed by atoms with E-state index in [2.05, 4.69) is 5.32 Å². The number of benzene rings is 4. The van der Waals surface area contributed by atoms with E-state index >= 15 is 17.6 Å². The van der Waals surface area contributed by atoms with Crippen molar-refractivity contribution in [2.75, 3.05) is 24.3 Å². The number of halogens is 4.